The van der Waals surface area contributed by atoms with Crippen LogP contribution in [0.1, 0.15) is 39.5 Å². The lowest BCUT2D eigenvalue weighted by Crippen LogP contribution is -2.51. The fourth-order valence-corrected chi connectivity index (χ4v) is 3.25. The lowest BCUT2D eigenvalue weighted by atomic mass is 10.0. The standard InChI is InChI=1S/C16H28N2O3/c1-3-18(14-7-5-4-6-8-14)16(20)11-17-9-13(2)21-15(10-17)12-19/h7,13,15,19H,3-6,8-12H2,1-2H3. The Kier molecular flexibility index (Phi) is 6.21. The second-order valence-electron chi connectivity index (χ2n) is 6.02. The third-order valence-electron chi connectivity index (χ3n) is 4.20. The molecule has 1 aliphatic heterocycles. The van der Waals surface area contributed by atoms with E-state index in [1.807, 2.05) is 18.7 Å². The first-order valence-corrected chi connectivity index (χ1v) is 8.12. The summed E-state index contributed by atoms with van der Waals surface area (Å²) >= 11 is 0. The maximum absolute atomic E-state index is 12.6. The van der Waals surface area contributed by atoms with E-state index in [2.05, 4.69) is 11.0 Å². The molecule has 5 nitrogen and oxygen atoms in total. The molecule has 0 aromatic carbocycles. The van der Waals surface area contributed by atoms with Crippen LogP contribution in [-0.2, 0) is 9.53 Å². The first kappa shape index (κ1) is 16.5. The maximum atomic E-state index is 12.6. The van der Waals surface area contributed by atoms with E-state index in [4.69, 9.17) is 4.74 Å². The van der Waals surface area contributed by atoms with Gasteiger partial charge in [0.25, 0.3) is 0 Å². The van der Waals surface area contributed by atoms with Gasteiger partial charge in [0.2, 0.25) is 5.91 Å². The number of aliphatic hydroxyl groups is 1. The summed E-state index contributed by atoms with van der Waals surface area (Å²) in [6.07, 6.45) is 6.60. The molecule has 2 unspecified atom stereocenters. The maximum Gasteiger partial charge on any atom is 0.240 e. The van der Waals surface area contributed by atoms with Gasteiger partial charge in [0.15, 0.2) is 0 Å². The van der Waals surface area contributed by atoms with Gasteiger partial charge in [-0.25, -0.2) is 0 Å². The second-order valence-corrected chi connectivity index (χ2v) is 6.02. The Morgan fingerprint density at radius 3 is 2.90 bits per heavy atom. The van der Waals surface area contributed by atoms with Gasteiger partial charge in [-0.15, -0.1) is 0 Å². The number of morpholine rings is 1. The van der Waals surface area contributed by atoms with E-state index in [0.717, 1.165) is 25.9 Å². The number of ether oxygens (including phenoxy) is 1. The number of rotatable bonds is 5. The highest BCUT2D eigenvalue weighted by Crippen LogP contribution is 2.21. The third kappa shape index (κ3) is 4.53. The zero-order valence-electron chi connectivity index (χ0n) is 13.3. The van der Waals surface area contributed by atoms with Crippen LogP contribution in [0, 0.1) is 0 Å². The molecule has 0 saturated carbocycles. The smallest absolute Gasteiger partial charge is 0.240 e. The topological polar surface area (TPSA) is 53.0 Å². The summed E-state index contributed by atoms with van der Waals surface area (Å²) in [4.78, 5) is 16.6. The quantitative estimate of drug-likeness (QED) is 0.832. The zero-order valence-corrected chi connectivity index (χ0v) is 13.3. The third-order valence-corrected chi connectivity index (χ3v) is 4.20. The highest BCUT2D eigenvalue weighted by Gasteiger charge is 2.28. The van der Waals surface area contributed by atoms with Crippen LogP contribution in [0.25, 0.3) is 0 Å². The lowest BCUT2D eigenvalue weighted by Gasteiger charge is -2.37. The molecule has 0 bridgehead atoms. The molecule has 0 aromatic heterocycles. The Morgan fingerprint density at radius 1 is 1.48 bits per heavy atom. The summed E-state index contributed by atoms with van der Waals surface area (Å²) in [5, 5.41) is 9.26. The van der Waals surface area contributed by atoms with Gasteiger partial charge in [-0.2, -0.15) is 0 Å². The molecule has 120 valence electrons. The molecule has 1 heterocycles. The van der Waals surface area contributed by atoms with Crippen molar-refractivity contribution in [1.29, 1.82) is 0 Å². The summed E-state index contributed by atoms with van der Waals surface area (Å²) in [5.74, 6) is 0.163. The number of aliphatic hydroxyl groups excluding tert-OH is 1. The summed E-state index contributed by atoms with van der Waals surface area (Å²) in [6, 6.07) is 0. The molecule has 1 saturated heterocycles. The van der Waals surface area contributed by atoms with Crippen LogP contribution in [0.2, 0.25) is 0 Å². The fourth-order valence-electron chi connectivity index (χ4n) is 3.25. The van der Waals surface area contributed by atoms with Crippen LogP contribution in [0.5, 0.6) is 0 Å². The van der Waals surface area contributed by atoms with Crippen molar-refractivity contribution in [2.75, 3.05) is 32.8 Å². The van der Waals surface area contributed by atoms with E-state index >= 15 is 0 Å². The van der Waals surface area contributed by atoms with Crippen molar-refractivity contribution in [2.45, 2.75) is 51.7 Å². The molecular weight excluding hydrogens is 268 g/mol. The summed E-state index contributed by atoms with van der Waals surface area (Å²) in [6.45, 7) is 6.55. The number of amides is 1. The summed E-state index contributed by atoms with van der Waals surface area (Å²) in [7, 11) is 0. The van der Waals surface area contributed by atoms with Crippen LogP contribution < -0.4 is 0 Å². The molecule has 21 heavy (non-hydrogen) atoms. The van der Waals surface area contributed by atoms with Crippen molar-refractivity contribution in [3.63, 3.8) is 0 Å². The minimum atomic E-state index is -0.175. The Bertz CT molecular complexity index is 384. The summed E-state index contributed by atoms with van der Waals surface area (Å²) in [5.41, 5.74) is 1.19. The minimum Gasteiger partial charge on any atom is -0.394 e. The van der Waals surface area contributed by atoms with Crippen LogP contribution in [0.4, 0.5) is 0 Å². The molecule has 2 rings (SSSR count). The van der Waals surface area contributed by atoms with Crippen molar-refractivity contribution in [2.24, 2.45) is 0 Å². The van der Waals surface area contributed by atoms with Gasteiger partial charge in [0.1, 0.15) is 0 Å². The van der Waals surface area contributed by atoms with E-state index in [0.29, 0.717) is 13.1 Å². The molecule has 1 fully saturated rings. The van der Waals surface area contributed by atoms with E-state index in [9.17, 15) is 9.90 Å². The van der Waals surface area contributed by atoms with Gasteiger partial charge in [0, 0.05) is 25.3 Å². The number of hydrogen-bond acceptors (Lipinski definition) is 4. The molecule has 0 aromatic rings. The van der Waals surface area contributed by atoms with Crippen molar-refractivity contribution in [3.05, 3.63) is 11.8 Å². The van der Waals surface area contributed by atoms with Crippen molar-refractivity contribution in [1.82, 2.24) is 9.80 Å². The van der Waals surface area contributed by atoms with Gasteiger partial charge in [-0.1, -0.05) is 6.08 Å². The first-order valence-electron chi connectivity index (χ1n) is 8.12. The van der Waals surface area contributed by atoms with Crippen molar-refractivity contribution < 1.29 is 14.6 Å². The average Bonchev–Trinajstić information content (AvgIpc) is 2.48. The number of nitrogens with zero attached hydrogens (tertiary/aromatic N) is 2. The number of likely N-dealkylation sites (N-methyl/N-ethyl adjacent to an activating group) is 1. The lowest BCUT2D eigenvalue weighted by molar-refractivity contribution is -0.136. The average molecular weight is 296 g/mol. The molecular formula is C16H28N2O3. The highest BCUT2D eigenvalue weighted by atomic mass is 16.5. The van der Waals surface area contributed by atoms with E-state index in [-0.39, 0.29) is 24.7 Å². The highest BCUT2D eigenvalue weighted by molar-refractivity contribution is 5.80. The Balaban J connectivity index is 1.93. The normalized spacial score (nSPS) is 27.3. The molecule has 2 atom stereocenters. The SMILES string of the molecule is CCN(C(=O)CN1CC(C)OC(CO)C1)C1=CCCCC1. The molecule has 1 aliphatic carbocycles. The van der Waals surface area contributed by atoms with Crippen LogP contribution >= 0.6 is 0 Å². The first-order chi connectivity index (χ1) is 10.1. The monoisotopic (exact) mass is 296 g/mol. The molecule has 0 radical (unpaired) electrons. The van der Waals surface area contributed by atoms with E-state index in [1.165, 1.54) is 18.5 Å². The molecule has 1 N–H and O–H groups in total. The van der Waals surface area contributed by atoms with Crippen molar-refractivity contribution >= 4 is 5.91 Å². The van der Waals surface area contributed by atoms with Crippen molar-refractivity contribution in [3.8, 4) is 0 Å². The zero-order chi connectivity index (χ0) is 15.2. The van der Waals surface area contributed by atoms with Gasteiger partial charge in [-0.3, -0.25) is 9.69 Å². The predicted molar refractivity (Wildman–Crippen MR) is 81.8 cm³/mol. The number of carbonyl (C=O) groups is 1. The number of allylic oxidation sites excluding steroid dienone is 2. The largest absolute Gasteiger partial charge is 0.394 e. The van der Waals surface area contributed by atoms with E-state index < -0.39 is 0 Å². The van der Waals surface area contributed by atoms with Crippen LogP contribution in [0.3, 0.4) is 0 Å². The Morgan fingerprint density at radius 2 is 2.29 bits per heavy atom. The Hall–Kier alpha value is -0.910. The molecule has 2 aliphatic rings. The number of hydrogen-bond donors (Lipinski definition) is 1. The fraction of sp³-hybridized carbons (Fsp3) is 0.812. The number of carbonyl (C=O) groups excluding carboxylic acids is 1. The molecule has 5 heteroatoms. The van der Waals surface area contributed by atoms with Gasteiger partial charge in [-0.05, 0) is 39.5 Å². The Labute approximate surface area is 127 Å². The molecule has 1 amide bonds. The van der Waals surface area contributed by atoms with Crippen LogP contribution in [-0.4, -0.2) is 65.8 Å². The summed E-state index contributed by atoms with van der Waals surface area (Å²) < 4.78 is 5.62. The van der Waals surface area contributed by atoms with Gasteiger partial charge >= 0.3 is 0 Å². The second kappa shape index (κ2) is 7.92. The van der Waals surface area contributed by atoms with Gasteiger partial charge in [0.05, 0.1) is 25.4 Å². The van der Waals surface area contributed by atoms with Gasteiger partial charge < -0.3 is 14.7 Å². The van der Waals surface area contributed by atoms with Crippen LogP contribution in [0.15, 0.2) is 11.8 Å². The molecule has 0 spiro atoms. The van der Waals surface area contributed by atoms with E-state index in [1.54, 1.807) is 0 Å². The minimum absolute atomic E-state index is 0.0116. The predicted octanol–water partition coefficient (Wildman–Crippen LogP) is 1.37.